The molecule has 2 atom stereocenters. The van der Waals surface area contributed by atoms with Gasteiger partial charge in [-0.05, 0) is 24.7 Å². The molecule has 0 saturated carbocycles. The molecule has 0 spiro atoms. The van der Waals surface area contributed by atoms with Crippen molar-refractivity contribution in [2.75, 3.05) is 52.6 Å². The summed E-state index contributed by atoms with van der Waals surface area (Å²) in [5.74, 6) is 1.33. The van der Waals surface area contributed by atoms with E-state index in [0.717, 1.165) is 65.4 Å². The van der Waals surface area contributed by atoms with Crippen LogP contribution in [0, 0.1) is 17.3 Å². The van der Waals surface area contributed by atoms with Gasteiger partial charge in [-0.15, -0.1) is 0 Å². The van der Waals surface area contributed by atoms with Gasteiger partial charge in [0.25, 0.3) is 0 Å². The van der Waals surface area contributed by atoms with E-state index in [1.165, 1.54) is 0 Å². The van der Waals surface area contributed by atoms with Crippen LogP contribution in [0.2, 0.25) is 0 Å². The standard InChI is InChI=1S/C18H32N2O3/c1-14-12-20(13-16(14)19-6-10-23-11-7-19)17(21)18(2,3)15-4-8-22-9-5-15/h14-16H,4-13H2,1-3H3/t14-,16+/m0/s1. The van der Waals surface area contributed by atoms with Gasteiger partial charge in [0, 0.05) is 50.8 Å². The third-order valence-corrected chi connectivity index (χ3v) is 6.17. The Morgan fingerprint density at radius 2 is 1.61 bits per heavy atom. The maximum absolute atomic E-state index is 13.2. The lowest BCUT2D eigenvalue weighted by molar-refractivity contribution is -0.144. The Hall–Kier alpha value is -0.650. The minimum Gasteiger partial charge on any atom is -0.381 e. The molecule has 0 N–H and O–H groups in total. The predicted molar refractivity (Wildman–Crippen MR) is 89.2 cm³/mol. The molecular formula is C18H32N2O3. The lowest BCUT2D eigenvalue weighted by Crippen LogP contribution is -2.48. The van der Waals surface area contributed by atoms with Gasteiger partial charge in [-0.1, -0.05) is 20.8 Å². The quantitative estimate of drug-likeness (QED) is 0.791. The molecule has 3 rings (SSSR count). The number of carbonyl (C=O) groups is 1. The van der Waals surface area contributed by atoms with Crippen molar-refractivity contribution in [1.82, 2.24) is 9.80 Å². The van der Waals surface area contributed by atoms with Gasteiger partial charge < -0.3 is 14.4 Å². The van der Waals surface area contributed by atoms with Crippen LogP contribution in [-0.4, -0.2) is 74.4 Å². The number of morpholine rings is 1. The fraction of sp³-hybridized carbons (Fsp3) is 0.944. The second kappa shape index (κ2) is 7.08. The Morgan fingerprint density at radius 3 is 2.26 bits per heavy atom. The predicted octanol–water partition coefficient (Wildman–Crippen LogP) is 1.62. The molecule has 0 aromatic rings. The van der Waals surface area contributed by atoms with Crippen LogP contribution in [0.4, 0.5) is 0 Å². The smallest absolute Gasteiger partial charge is 0.228 e. The van der Waals surface area contributed by atoms with Crippen molar-refractivity contribution in [1.29, 1.82) is 0 Å². The average molecular weight is 324 g/mol. The molecule has 23 heavy (non-hydrogen) atoms. The SMILES string of the molecule is C[C@H]1CN(C(=O)C(C)(C)C2CCOCC2)C[C@H]1N1CCOCC1. The minimum absolute atomic E-state index is 0.274. The second-order valence-electron chi connectivity index (χ2n) is 8.01. The molecule has 132 valence electrons. The van der Waals surface area contributed by atoms with E-state index in [2.05, 4.69) is 30.6 Å². The molecule has 0 aromatic carbocycles. The molecule has 3 heterocycles. The summed E-state index contributed by atoms with van der Waals surface area (Å²) in [6.45, 7) is 13.6. The highest BCUT2D eigenvalue weighted by atomic mass is 16.5. The zero-order valence-corrected chi connectivity index (χ0v) is 14.9. The Kier molecular flexibility index (Phi) is 5.29. The van der Waals surface area contributed by atoms with E-state index < -0.39 is 0 Å². The topological polar surface area (TPSA) is 42.0 Å². The first-order chi connectivity index (χ1) is 11.0. The van der Waals surface area contributed by atoms with Crippen LogP contribution in [0.3, 0.4) is 0 Å². The molecule has 3 aliphatic rings. The first-order valence-corrected chi connectivity index (χ1v) is 9.19. The van der Waals surface area contributed by atoms with Crippen molar-refractivity contribution in [2.24, 2.45) is 17.3 Å². The van der Waals surface area contributed by atoms with Gasteiger partial charge in [-0.25, -0.2) is 0 Å². The molecular weight excluding hydrogens is 292 g/mol. The first-order valence-electron chi connectivity index (χ1n) is 9.19. The highest BCUT2D eigenvalue weighted by Crippen LogP contribution is 2.37. The molecule has 0 aromatic heterocycles. The number of ether oxygens (including phenoxy) is 2. The van der Waals surface area contributed by atoms with Crippen molar-refractivity contribution in [2.45, 2.75) is 39.7 Å². The Morgan fingerprint density at radius 1 is 1.00 bits per heavy atom. The van der Waals surface area contributed by atoms with E-state index in [-0.39, 0.29) is 5.41 Å². The molecule has 0 unspecified atom stereocenters. The summed E-state index contributed by atoms with van der Waals surface area (Å²) >= 11 is 0. The lowest BCUT2D eigenvalue weighted by Gasteiger charge is -2.38. The Balaban J connectivity index is 1.63. The molecule has 0 bridgehead atoms. The molecule has 5 nitrogen and oxygen atoms in total. The third-order valence-electron chi connectivity index (χ3n) is 6.17. The van der Waals surface area contributed by atoms with Gasteiger partial charge in [0.15, 0.2) is 0 Å². The number of amides is 1. The van der Waals surface area contributed by atoms with Crippen molar-refractivity contribution in [3.8, 4) is 0 Å². The summed E-state index contributed by atoms with van der Waals surface area (Å²) in [4.78, 5) is 17.8. The minimum atomic E-state index is -0.274. The number of hydrogen-bond acceptors (Lipinski definition) is 4. The van der Waals surface area contributed by atoms with E-state index in [1.54, 1.807) is 0 Å². The summed E-state index contributed by atoms with van der Waals surface area (Å²) in [5, 5.41) is 0. The summed E-state index contributed by atoms with van der Waals surface area (Å²) in [6, 6.07) is 0.494. The zero-order valence-electron chi connectivity index (χ0n) is 14.9. The van der Waals surface area contributed by atoms with Crippen LogP contribution in [0.5, 0.6) is 0 Å². The van der Waals surface area contributed by atoms with Gasteiger partial charge >= 0.3 is 0 Å². The van der Waals surface area contributed by atoms with E-state index in [1.807, 2.05) is 0 Å². The monoisotopic (exact) mass is 324 g/mol. The van der Waals surface area contributed by atoms with E-state index >= 15 is 0 Å². The summed E-state index contributed by atoms with van der Waals surface area (Å²) in [7, 11) is 0. The van der Waals surface area contributed by atoms with Crippen LogP contribution in [0.25, 0.3) is 0 Å². The fourth-order valence-corrected chi connectivity index (χ4v) is 4.50. The molecule has 3 saturated heterocycles. The number of rotatable bonds is 3. The van der Waals surface area contributed by atoms with Crippen molar-refractivity contribution in [3.63, 3.8) is 0 Å². The van der Waals surface area contributed by atoms with Crippen LogP contribution in [-0.2, 0) is 14.3 Å². The molecule has 5 heteroatoms. The van der Waals surface area contributed by atoms with Gasteiger partial charge in [-0.2, -0.15) is 0 Å². The van der Waals surface area contributed by atoms with Crippen LogP contribution in [0.15, 0.2) is 0 Å². The van der Waals surface area contributed by atoms with Gasteiger partial charge in [-0.3, -0.25) is 9.69 Å². The highest BCUT2D eigenvalue weighted by molar-refractivity contribution is 5.82. The van der Waals surface area contributed by atoms with Crippen LogP contribution >= 0.6 is 0 Å². The zero-order chi connectivity index (χ0) is 16.4. The van der Waals surface area contributed by atoms with Crippen molar-refractivity contribution in [3.05, 3.63) is 0 Å². The maximum Gasteiger partial charge on any atom is 0.228 e. The van der Waals surface area contributed by atoms with Gasteiger partial charge in [0.05, 0.1) is 13.2 Å². The van der Waals surface area contributed by atoms with Crippen LogP contribution < -0.4 is 0 Å². The Bertz CT molecular complexity index is 414. The second-order valence-corrected chi connectivity index (χ2v) is 8.01. The van der Waals surface area contributed by atoms with Crippen molar-refractivity contribution >= 4 is 5.91 Å². The van der Waals surface area contributed by atoms with E-state index in [9.17, 15) is 4.79 Å². The number of likely N-dealkylation sites (tertiary alicyclic amines) is 1. The highest BCUT2D eigenvalue weighted by Gasteiger charge is 2.44. The first kappa shape index (κ1) is 17.2. The van der Waals surface area contributed by atoms with E-state index in [4.69, 9.17) is 9.47 Å². The molecule has 1 amide bonds. The van der Waals surface area contributed by atoms with Gasteiger partial charge in [0.1, 0.15) is 0 Å². The normalized spacial score (nSPS) is 31.5. The Labute approximate surface area is 140 Å². The number of hydrogen-bond donors (Lipinski definition) is 0. The average Bonchev–Trinajstić information content (AvgIpc) is 2.97. The number of nitrogens with zero attached hydrogens (tertiary/aromatic N) is 2. The largest absolute Gasteiger partial charge is 0.381 e. The molecule has 0 aliphatic carbocycles. The van der Waals surface area contributed by atoms with Gasteiger partial charge in [0.2, 0.25) is 5.91 Å². The van der Waals surface area contributed by atoms with E-state index in [0.29, 0.717) is 23.8 Å². The molecule has 0 radical (unpaired) electrons. The fourth-order valence-electron chi connectivity index (χ4n) is 4.50. The lowest BCUT2D eigenvalue weighted by atomic mass is 9.73. The molecule has 3 fully saturated rings. The summed E-state index contributed by atoms with van der Waals surface area (Å²) in [6.07, 6.45) is 2.02. The van der Waals surface area contributed by atoms with Crippen molar-refractivity contribution < 1.29 is 14.3 Å². The maximum atomic E-state index is 13.2. The van der Waals surface area contributed by atoms with Crippen LogP contribution in [0.1, 0.15) is 33.6 Å². The summed E-state index contributed by atoms with van der Waals surface area (Å²) in [5.41, 5.74) is -0.274. The third kappa shape index (κ3) is 3.57. The summed E-state index contributed by atoms with van der Waals surface area (Å²) < 4.78 is 10.9. The number of carbonyl (C=O) groups excluding carboxylic acids is 1. The molecule has 3 aliphatic heterocycles.